The van der Waals surface area contributed by atoms with E-state index in [0.29, 0.717) is 13.1 Å². The summed E-state index contributed by atoms with van der Waals surface area (Å²) in [5.41, 5.74) is 0. The molecule has 0 aliphatic carbocycles. The van der Waals surface area contributed by atoms with Crippen molar-refractivity contribution in [1.29, 1.82) is 0 Å². The molecule has 0 saturated carbocycles. The van der Waals surface area contributed by atoms with E-state index in [9.17, 15) is 13.8 Å². The van der Waals surface area contributed by atoms with Crippen molar-refractivity contribution in [3.63, 3.8) is 0 Å². The Morgan fingerprint density at radius 1 is 1.55 bits per heavy atom. The Kier molecular flexibility index (Phi) is 6.14. The lowest BCUT2D eigenvalue weighted by atomic mass is 10.1. The van der Waals surface area contributed by atoms with Crippen LogP contribution in [0.2, 0.25) is 0 Å². The van der Waals surface area contributed by atoms with Gasteiger partial charge in [0.25, 0.3) is 0 Å². The Morgan fingerprint density at radius 2 is 2.32 bits per heavy atom. The van der Waals surface area contributed by atoms with Crippen LogP contribution in [0.1, 0.15) is 36.8 Å². The van der Waals surface area contributed by atoms with Crippen molar-refractivity contribution >= 4 is 34.0 Å². The van der Waals surface area contributed by atoms with Gasteiger partial charge in [-0.1, -0.05) is 6.07 Å². The summed E-state index contributed by atoms with van der Waals surface area (Å²) >= 11 is 1.56. The van der Waals surface area contributed by atoms with Crippen LogP contribution < -0.4 is 5.32 Å². The number of nitrogens with one attached hydrogen (secondary N) is 1. The second-order valence-electron chi connectivity index (χ2n) is 5.56. The van der Waals surface area contributed by atoms with Gasteiger partial charge < -0.3 is 10.2 Å². The smallest absolute Gasteiger partial charge is 0.235 e. The molecule has 3 unspecified atom stereocenters. The summed E-state index contributed by atoms with van der Waals surface area (Å²) in [7, 11) is -1.22. The van der Waals surface area contributed by atoms with Crippen molar-refractivity contribution in [3.8, 4) is 0 Å². The van der Waals surface area contributed by atoms with Crippen LogP contribution in [0.25, 0.3) is 0 Å². The molecule has 122 valence electrons. The molecule has 1 fully saturated rings. The van der Waals surface area contributed by atoms with Crippen LogP contribution in [0.5, 0.6) is 0 Å². The summed E-state index contributed by atoms with van der Waals surface area (Å²) < 4.78 is 12.4. The quantitative estimate of drug-likeness (QED) is 0.885. The van der Waals surface area contributed by atoms with Gasteiger partial charge in [-0.05, 0) is 31.2 Å². The van der Waals surface area contributed by atoms with Crippen LogP contribution in [-0.2, 0) is 20.4 Å². The molecule has 0 aromatic carbocycles. The summed E-state index contributed by atoms with van der Waals surface area (Å²) in [6.45, 7) is 4.58. The van der Waals surface area contributed by atoms with Gasteiger partial charge in [0, 0.05) is 41.7 Å². The highest BCUT2D eigenvalue weighted by molar-refractivity contribution is 7.86. The molecule has 1 saturated heterocycles. The fourth-order valence-corrected chi connectivity index (χ4v) is 4.76. The number of amides is 2. The monoisotopic (exact) mass is 342 g/mol. The lowest BCUT2D eigenvalue weighted by Crippen LogP contribution is -2.50. The van der Waals surface area contributed by atoms with E-state index in [2.05, 4.69) is 5.32 Å². The van der Waals surface area contributed by atoms with Crippen molar-refractivity contribution in [2.75, 3.05) is 18.8 Å². The van der Waals surface area contributed by atoms with Gasteiger partial charge in [-0.25, -0.2) is 0 Å². The van der Waals surface area contributed by atoms with Crippen LogP contribution in [0.15, 0.2) is 17.5 Å². The number of carbonyl (C=O) groups is 2. The first-order valence-electron chi connectivity index (χ1n) is 7.43. The average molecular weight is 342 g/mol. The van der Waals surface area contributed by atoms with Crippen molar-refractivity contribution < 1.29 is 13.8 Å². The van der Waals surface area contributed by atoms with Gasteiger partial charge in [0.2, 0.25) is 11.8 Å². The van der Waals surface area contributed by atoms with E-state index in [1.54, 1.807) is 16.2 Å². The molecular weight excluding hydrogens is 320 g/mol. The van der Waals surface area contributed by atoms with E-state index in [4.69, 9.17) is 0 Å². The second kappa shape index (κ2) is 7.87. The zero-order valence-corrected chi connectivity index (χ0v) is 14.5. The number of likely N-dealkylation sites (tertiary alicyclic amines) is 1. The minimum absolute atomic E-state index is 0.0124. The van der Waals surface area contributed by atoms with Crippen molar-refractivity contribution in [3.05, 3.63) is 22.4 Å². The van der Waals surface area contributed by atoms with Crippen LogP contribution >= 0.6 is 11.3 Å². The predicted octanol–water partition coefficient (Wildman–Crippen LogP) is 1.68. The number of rotatable bonds is 5. The van der Waals surface area contributed by atoms with Gasteiger partial charge in [-0.15, -0.1) is 11.3 Å². The van der Waals surface area contributed by atoms with Gasteiger partial charge in [0.05, 0.1) is 5.25 Å². The number of hydrogen-bond donors (Lipinski definition) is 1. The van der Waals surface area contributed by atoms with Crippen LogP contribution in [0.4, 0.5) is 0 Å². The Hall–Kier alpha value is -1.21. The summed E-state index contributed by atoms with van der Waals surface area (Å²) in [5.74, 6) is -0.114. The maximum absolute atomic E-state index is 12.4. The van der Waals surface area contributed by atoms with Crippen molar-refractivity contribution in [2.24, 2.45) is 0 Å². The second-order valence-corrected chi connectivity index (χ2v) is 8.30. The molecule has 22 heavy (non-hydrogen) atoms. The summed E-state index contributed by atoms with van der Waals surface area (Å²) in [4.78, 5) is 26.2. The fraction of sp³-hybridized carbons (Fsp3) is 0.600. The highest BCUT2D eigenvalue weighted by Crippen LogP contribution is 2.24. The number of hydrogen-bond acceptors (Lipinski definition) is 4. The topological polar surface area (TPSA) is 66.5 Å². The molecule has 7 heteroatoms. The molecule has 1 aromatic heterocycles. The molecule has 2 amide bonds. The predicted molar refractivity (Wildman–Crippen MR) is 89.2 cm³/mol. The third-order valence-corrected chi connectivity index (χ3v) is 6.56. The minimum atomic E-state index is -1.22. The molecular formula is C15H22N2O3S2. The van der Waals surface area contributed by atoms with Gasteiger partial charge >= 0.3 is 0 Å². The molecule has 3 atom stereocenters. The number of nitrogens with zero attached hydrogens (tertiary/aromatic N) is 1. The normalized spacial score (nSPS) is 21.2. The minimum Gasteiger partial charge on any atom is -0.352 e. The van der Waals surface area contributed by atoms with E-state index in [1.807, 2.05) is 24.4 Å². The Labute approximate surface area is 137 Å². The van der Waals surface area contributed by atoms with E-state index >= 15 is 0 Å². The summed E-state index contributed by atoms with van der Waals surface area (Å²) in [5, 5.41) is 4.68. The number of thiophene rings is 1. The maximum atomic E-state index is 12.4. The molecule has 0 spiro atoms. The zero-order chi connectivity index (χ0) is 16.1. The number of piperidine rings is 1. The fourth-order valence-electron chi connectivity index (χ4n) is 2.60. The van der Waals surface area contributed by atoms with Gasteiger partial charge in [0.15, 0.2) is 0 Å². The van der Waals surface area contributed by atoms with Crippen molar-refractivity contribution in [1.82, 2.24) is 10.2 Å². The molecule has 1 N–H and O–H groups in total. The lowest BCUT2D eigenvalue weighted by Gasteiger charge is -2.33. The molecule has 1 aromatic rings. The molecule has 0 radical (unpaired) electrons. The van der Waals surface area contributed by atoms with Gasteiger partial charge in [0.1, 0.15) is 5.75 Å². The Bertz CT molecular complexity index is 545. The van der Waals surface area contributed by atoms with Crippen LogP contribution in [0, 0.1) is 0 Å². The van der Waals surface area contributed by atoms with Gasteiger partial charge in [-0.3, -0.25) is 13.8 Å². The molecule has 0 bridgehead atoms. The van der Waals surface area contributed by atoms with E-state index < -0.39 is 10.8 Å². The molecule has 5 nitrogen and oxygen atoms in total. The van der Waals surface area contributed by atoms with Crippen LogP contribution in [-0.4, -0.2) is 45.8 Å². The molecule has 1 aliphatic rings. The highest BCUT2D eigenvalue weighted by atomic mass is 32.2. The standard InChI is InChI=1S/C15H22N2O3S2/c1-11(14-6-4-8-21-14)22(20)10-15(19)17-7-3-5-13(9-17)16-12(2)18/h4,6,8,11,13H,3,5,7,9-10H2,1-2H3,(H,16,18). The average Bonchev–Trinajstić information content (AvgIpc) is 3.00. The Balaban J connectivity index is 1.88. The summed E-state index contributed by atoms with van der Waals surface area (Å²) in [6, 6.07) is 3.89. The SMILES string of the molecule is CC(=O)NC1CCCN(C(=O)CS(=O)C(C)c2cccs2)C1. The zero-order valence-electron chi connectivity index (χ0n) is 12.9. The highest BCUT2D eigenvalue weighted by Gasteiger charge is 2.26. The Morgan fingerprint density at radius 3 is 2.95 bits per heavy atom. The van der Waals surface area contributed by atoms with E-state index in [1.165, 1.54) is 6.92 Å². The third-order valence-electron chi connectivity index (χ3n) is 3.79. The maximum Gasteiger partial charge on any atom is 0.235 e. The lowest BCUT2D eigenvalue weighted by molar-refractivity contribution is -0.130. The van der Waals surface area contributed by atoms with E-state index in [-0.39, 0.29) is 28.9 Å². The van der Waals surface area contributed by atoms with E-state index in [0.717, 1.165) is 17.7 Å². The molecule has 2 heterocycles. The van der Waals surface area contributed by atoms with Crippen molar-refractivity contribution in [2.45, 2.75) is 38.0 Å². The first-order valence-corrected chi connectivity index (χ1v) is 9.69. The molecule has 2 rings (SSSR count). The number of carbonyl (C=O) groups excluding carboxylic acids is 2. The first-order chi connectivity index (χ1) is 10.5. The molecule has 1 aliphatic heterocycles. The van der Waals surface area contributed by atoms with Gasteiger partial charge in [-0.2, -0.15) is 0 Å². The van der Waals surface area contributed by atoms with Crippen LogP contribution in [0.3, 0.4) is 0 Å². The first kappa shape index (κ1) is 17.1. The third kappa shape index (κ3) is 4.64. The largest absolute Gasteiger partial charge is 0.352 e. The summed E-state index contributed by atoms with van der Waals surface area (Å²) in [6.07, 6.45) is 1.75.